The Bertz CT molecular complexity index is 849. The molecule has 0 heterocycles. The molecule has 4 rings (SSSR count). The van der Waals surface area contributed by atoms with Gasteiger partial charge in [0.2, 0.25) is 0 Å². The van der Waals surface area contributed by atoms with Crippen LogP contribution in [-0.2, 0) is 14.3 Å². The van der Waals surface area contributed by atoms with Crippen LogP contribution in [0, 0.1) is 40.4 Å². The Hall–Kier alpha value is -1.54. The van der Waals surface area contributed by atoms with E-state index in [1.165, 1.54) is 6.92 Å². The number of ketones is 1. The number of esters is 1. The zero-order chi connectivity index (χ0) is 23.5. The van der Waals surface area contributed by atoms with E-state index in [1.54, 1.807) is 13.1 Å². The topological polar surface area (TPSA) is 114 Å². The molecular weight excluding hydrogens is 426 g/mol. The molecule has 4 N–H and O–H groups in total. The molecule has 32 heavy (non-hydrogen) atoms. The van der Waals surface area contributed by atoms with Crippen LogP contribution >= 0.6 is 12.2 Å². The predicted octanol–water partition coefficient (Wildman–Crippen LogP) is 2.94. The van der Waals surface area contributed by atoms with Crippen molar-refractivity contribution in [3.63, 3.8) is 0 Å². The number of hydrazone groups is 1. The average molecular weight is 464 g/mol. The second-order valence-corrected chi connectivity index (χ2v) is 11.6. The molecule has 0 aromatic rings. The van der Waals surface area contributed by atoms with Crippen LogP contribution < -0.4 is 11.2 Å². The first kappa shape index (κ1) is 23.6. The number of aliphatic hydroxyl groups is 1. The number of hydrogen-bond acceptors (Lipinski definition) is 6. The van der Waals surface area contributed by atoms with Crippen molar-refractivity contribution in [2.24, 2.45) is 51.3 Å². The molecule has 4 saturated carbocycles. The summed E-state index contributed by atoms with van der Waals surface area (Å²) in [5.41, 5.74) is 6.84. The minimum absolute atomic E-state index is 0.0504. The molecule has 0 amide bonds. The second kappa shape index (κ2) is 8.05. The summed E-state index contributed by atoms with van der Waals surface area (Å²) in [5.74, 6) is 0.703. The summed E-state index contributed by atoms with van der Waals surface area (Å²) in [6.07, 6.45) is 7.37. The number of Topliss-reactive ketones (excluding diaryl/α,β-unsaturated/α-hetero) is 1. The highest BCUT2D eigenvalue weighted by Crippen LogP contribution is 2.72. The van der Waals surface area contributed by atoms with Crippen molar-refractivity contribution >= 4 is 35.3 Å². The maximum Gasteiger partial charge on any atom is 0.302 e. The van der Waals surface area contributed by atoms with Crippen molar-refractivity contribution in [3.05, 3.63) is 0 Å². The van der Waals surface area contributed by atoms with Gasteiger partial charge >= 0.3 is 5.97 Å². The highest BCUT2D eigenvalue weighted by molar-refractivity contribution is 7.80. The molecule has 4 fully saturated rings. The van der Waals surface area contributed by atoms with E-state index in [1.807, 2.05) is 0 Å². The summed E-state index contributed by atoms with van der Waals surface area (Å²) in [6, 6.07) is 0. The van der Waals surface area contributed by atoms with Gasteiger partial charge in [0.25, 0.3) is 0 Å². The van der Waals surface area contributed by atoms with Crippen LogP contribution in [0.3, 0.4) is 0 Å². The van der Waals surface area contributed by atoms with Gasteiger partial charge in [0.05, 0.1) is 5.60 Å². The van der Waals surface area contributed by atoms with Gasteiger partial charge in [-0.2, -0.15) is 5.10 Å². The summed E-state index contributed by atoms with van der Waals surface area (Å²) in [5, 5.41) is 16.7. The minimum Gasteiger partial charge on any atom is -0.462 e. The standard InChI is InChI=1S/C24H37N3O4S/c1-13(28)16-5-6-17-20-18(8-9-22(16,17)3)23(4)10-7-15(31-14(2)29)11-24(23,30)19(20)12-26-27-21(25)32/h12,15-20,30H,5-11H2,1-4H3,(H3,25,27,32)/b26-12+/t15-,16+,17-,18-,19+,20-,22+,23+,24+/m0/s1. The van der Waals surface area contributed by atoms with Gasteiger partial charge in [0.15, 0.2) is 5.11 Å². The summed E-state index contributed by atoms with van der Waals surface area (Å²) < 4.78 is 5.56. The number of carbonyl (C=O) groups excluding carboxylic acids is 2. The molecule has 0 unspecified atom stereocenters. The Labute approximate surface area is 195 Å². The average Bonchev–Trinajstić information content (AvgIpc) is 3.12. The van der Waals surface area contributed by atoms with E-state index >= 15 is 0 Å². The highest BCUT2D eigenvalue weighted by atomic mass is 32.1. The molecule has 0 saturated heterocycles. The Balaban J connectivity index is 1.75. The first-order valence-electron chi connectivity index (χ1n) is 11.9. The predicted molar refractivity (Wildman–Crippen MR) is 126 cm³/mol. The van der Waals surface area contributed by atoms with Crippen LogP contribution in [0.1, 0.15) is 72.6 Å². The lowest BCUT2D eigenvalue weighted by molar-refractivity contribution is -0.170. The SMILES string of the molecule is CC(=O)O[C@H]1CC[C@]2(C)[C@H]3CC[C@]4(C)[C@@H](C(C)=O)CC[C@H]4[C@@H]3[C@@H](/C=N/NC(N)=S)[C@]2(O)C1. The van der Waals surface area contributed by atoms with Gasteiger partial charge in [0, 0.05) is 36.8 Å². The van der Waals surface area contributed by atoms with E-state index in [2.05, 4.69) is 24.4 Å². The number of nitrogens with zero attached hydrogens (tertiary/aromatic N) is 1. The van der Waals surface area contributed by atoms with Crippen LogP contribution in [0.15, 0.2) is 5.10 Å². The van der Waals surface area contributed by atoms with E-state index in [-0.39, 0.29) is 51.6 Å². The van der Waals surface area contributed by atoms with Crippen molar-refractivity contribution in [1.29, 1.82) is 0 Å². The van der Waals surface area contributed by atoms with Gasteiger partial charge in [-0.1, -0.05) is 13.8 Å². The van der Waals surface area contributed by atoms with E-state index in [9.17, 15) is 14.7 Å². The molecule has 0 aromatic heterocycles. The summed E-state index contributed by atoms with van der Waals surface area (Å²) in [6.45, 7) is 7.64. The van der Waals surface area contributed by atoms with Crippen LogP contribution in [0.2, 0.25) is 0 Å². The second-order valence-electron chi connectivity index (χ2n) is 11.2. The summed E-state index contributed by atoms with van der Waals surface area (Å²) in [4.78, 5) is 24.1. The zero-order valence-electron chi connectivity index (χ0n) is 19.6. The van der Waals surface area contributed by atoms with Crippen LogP contribution in [0.25, 0.3) is 0 Å². The van der Waals surface area contributed by atoms with E-state index in [4.69, 9.17) is 22.7 Å². The van der Waals surface area contributed by atoms with Crippen molar-refractivity contribution < 1.29 is 19.4 Å². The molecule has 0 aromatic carbocycles. The number of rotatable bonds is 4. The molecule has 178 valence electrons. The summed E-state index contributed by atoms with van der Waals surface area (Å²) in [7, 11) is 0. The maximum atomic E-state index is 12.5. The van der Waals surface area contributed by atoms with Gasteiger partial charge in [0.1, 0.15) is 11.9 Å². The Morgan fingerprint density at radius 1 is 1.16 bits per heavy atom. The molecule has 4 aliphatic rings. The number of thiocarbonyl (C=S) groups is 1. The lowest BCUT2D eigenvalue weighted by Gasteiger charge is -2.52. The number of hydrogen-bond donors (Lipinski definition) is 3. The molecule has 9 atom stereocenters. The number of nitrogens with two attached hydrogens (primary N) is 1. The fourth-order valence-electron chi connectivity index (χ4n) is 8.55. The quantitative estimate of drug-likeness (QED) is 0.254. The summed E-state index contributed by atoms with van der Waals surface area (Å²) >= 11 is 4.91. The van der Waals surface area contributed by atoms with Gasteiger partial charge < -0.3 is 15.6 Å². The first-order valence-corrected chi connectivity index (χ1v) is 12.3. The van der Waals surface area contributed by atoms with Crippen molar-refractivity contribution in [2.75, 3.05) is 0 Å². The monoisotopic (exact) mass is 463 g/mol. The molecule has 7 nitrogen and oxygen atoms in total. The molecule has 8 heteroatoms. The number of nitrogens with one attached hydrogen (secondary N) is 1. The zero-order valence-corrected chi connectivity index (χ0v) is 20.4. The lowest BCUT2D eigenvalue weighted by atomic mass is 9.54. The van der Waals surface area contributed by atoms with Gasteiger partial charge in [-0.05, 0) is 80.8 Å². The lowest BCUT2D eigenvalue weighted by Crippen LogP contribution is -2.55. The fraction of sp³-hybridized carbons (Fsp3) is 0.833. The van der Waals surface area contributed by atoms with Crippen LogP contribution in [0.4, 0.5) is 0 Å². The minimum atomic E-state index is -1.05. The molecule has 0 radical (unpaired) electrons. The Morgan fingerprint density at radius 3 is 2.50 bits per heavy atom. The smallest absolute Gasteiger partial charge is 0.302 e. The van der Waals surface area contributed by atoms with Crippen LogP contribution in [0.5, 0.6) is 0 Å². The van der Waals surface area contributed by atoms with Gasteiger partial charge in [-0.3, -0.25) is 15.0 Å². The third-order valence-electron chi connectivity index (χ3n) is 9.86. The Morgan fingerprint density at radius 2 is 1.88 bits per heavy atom. The number of ether oxygens (including phenoxy) is 1. The van der Waals surface area contributed by atoms with Crippen molar-refractivity contribution in [3.8, 4) is 0 Å². The first-order chi connectivity index (χ1) is 14.9. The largest absolute Gasteiger partial charge is 0.462 e. The normalized spacial score (nSPS) is 47.4. The highest BCUT2D eigenvalue weighted by Gasteiger charge is 2.72. The van der Waals surface area contributed by atoms with Gasteiger partial charge in [-0.25, -0.2) is 0 Å². The van der Waals surface area contributed by atoms with E-state index in [0.717, 1.165) is 38.5 Å². The molecular formula is C24H37N3O4S. The molecule has 4 aliphatic carbocycles. The third kappa shape index (κ3) is 3.40. The van der Waals surface area contributed by atoms with Crippen molar-refractivity contribution in [2.45, 2.75) is 84.3 Å². The molecule has 0 bridgehead atoms. The van der Waals surface area contributed by atoms with Crippen molar-refractivity contribution in [1.82, 2.24) is 5.43 Å². The maximum absolute atomic E-state index is 12.5. The van der Waals surface area contributed by atoms with E-state index < -0.39 is 5.60 Å². The number of fused-ring (bicyclic) bond motifs is 5. The van der Waals surface area contributed by atoms with Gasteiger partial charge in [-0.15, -0.1) is 0 Å². The molecule has 0 aliphatic heterocycles. The van der Waals surface area contributed by atoms with E-state index in [0.29, 0.717) is 18.3 Å². The molecule has 0 spiro atoms. The van der Waals surface area contributed by atoms with Crippen LogP contribution in [-0.4, -0.2) is 39.9 Å². The number of carbonyl (C=O) groups is 2. The fourth-order valence-corrected chi connectivity index (χ4v) is 8.60. The Kier molecular flexibility index (Phi) is 5.94. The third-order valence-corrected chi connectivity index (χ3v) is 9.96.